The van der Waals surface area contributed by atoms with Crippen molar-refractivity contribution >= 4 is 58.1 Å². The van der Waals surface area contributed by atoms with E-state index in [2.05, 4.69) is 146 Å². The van der Waals surface area contributed by atoms with Crippen molar-refractivity contribution in [3.8, 4) is 0 Å². The number of nitrogens with zero attached hydrogens (tertiary/aromatic N) is 4. The summed E-state index contributed by atoms with van der Waals surface area (Å²) in [6.07, 6.45) is -4.63. The number of aromatic nitrogens is 3. The summed E-state index contributed by atoms with van der Waals surface area (Å²) in [4.78, 5) is 2.13. The van der Waals surface area contributed by atoms with E-state index in [0.717, 1.165) is 5.69 Å². The average Bonchev–Trinajstić information content (AvgIpc) is 1.37. The summed E-state index contributed by atoms with van der Waals surface area (Å²) < 4.78 is 315. The van der Waals surface area contributed by atoms with Gasteiger partial charge in [-0.3, -0.25) is 9.13 Å². The van der Waals surface area contributed by atoms with Crippen molar-refractivity contribution in [2.45, 2.75) is 73.5 Å². The van der Waals surface area contributed by atoms with E-state index in [9.17, 15) is 52.7 Å². The first-order chi connectivity index (χ1) is 37.8. The molecule has 0 amide bonds. The van der Waals surface area contributed by atoms with Gasteiger partial charge in [-0.05, 0) is 48.5 Å². The van der Waals surface area contributed by atoms with Gasteiger partial charge in [-0.2, -0.15) is 0 Å². The molecule has 1 aliphatic heterocycles. The molecule has 438 valence electrons. The van der Waals surface area contributed by atoms with E-state index in [1.807, 2.05) is 0 Å². The highest BCUT2D eigenvalue weighted by atomic mass is 19.2. The van der Waals surface area contributed by atoms with Gasteiger partial charge in [-0.25, -0.2) is 87.8 Å². The number of hydrogen-bond acceptors (Lipinski definition) is 3. The van der Waals surface area contributed by atoms with Gasteiger partial charge in [0.2, 0.25) is 0 Å². The number of aryl methyl sites for hydroxylation is 3. The molecule has 8 rings (SSSR count). The molecule has 29 heteroatoms. The Morgan fingerprint density at radius 3 is 0.963 bits per heavy atom. The van der Waals surface area contributed by atoms with Gasteiger partial charge in [0.1, 0.15) is 76.5 Å². The van der Waals surface area contributed by atoms with Gasteiger partial charge in [0.15, 0.2) is 75.5 Å². The van der Waals surface area contributed by atoms with Crippen molar-refractivity contribution in [2.75, 3.05) is 19.0 Å². The van der Waals surface area contributed by atoms with Crippen LogP contribution >= 0.6 is 0 Å². The second kappa shape index (κ2) is 21.3. The third-order valence-corrected chi connectivity index (χ3v) is 16.0. The van der Waals surface area contributed by atoms with Crippen molar-refractivity contribution < 1.29 is 106 Å². The van der Waals surface area contributed by atoms with E-state index in [0.29, 0.717) is 0 Å². The maximum atomic E-state index is 15.4. The Hall–Kier alpha value is -7.03. The number of imidazole rings is 1. The summed E-state index contributed by atoms with van der Waals surface area (Å²) in [7, 11) is 7.98. The lowest BCUT2D eigenvalue weighted by Crippen LogP contribution is -2.92. The molecule has 1 fully saturated rings. The Kier molecular flexibility index (Phi) is 16.3. The summed E-state index contributed by atoms with van der Waals surface area (Å²) in [6, 6.07) is 8.95. The highest BCUT2D eigenvalue weighted by molar-refractivity contribution is 7.36. The van der Waals surface area contributed by atoms with Crippen molar-refractivity contribution in [2.24, 2.45) is 14.1 Å². The van der Waals surface area contributed by atoms with Crippen LogP contribution in [0.4, 0.5) is 93.5 Å². The fourth-order valence-electron chi connectivity index (χ4n) is 11.3. The highest BCUT2D eigenvalue weighted by Gasteiger charge is 2.68. The SMILES string of the molecule is Cc1cc(C)c([B@-](B2OC(C)(C)C(C)(C)O2)(c2n(C)c(C)c(C)[n+]2C)[n+]2ccc(N(C)C)cc2)c(C)c1.Fc1c(F)c(F)c([B-](c2c(F)c(F)c(F)c(F)c2F)(c2c(F)c(F)c(F)c(F)c2F)c2c(F)c(F)c(F)c(F)c2F)c(F)c1F. The fraction of sp³-hybridized carbons (Fsp3) is 0.283. The average molecular weight is 1180 g/mol. The van der Waals surface area contributed by atoms with Crippen molar-refractivity contribution in [3.05, 3.63) is 181 Å². The molecule has 0 bridgehead atoms. The monoisotopic (exact) mass is 1180 g/mol. The van der Waals surface area contributed by atoms with Crippen LogP contribution in [0.5, 0.6) is 0 Å². The van der Waals surface area contributed by atoms with Crippen LogP contribution in [0, 0.1) is 151 Å². The number of rotatable bonds is 9. The molecule has 5 aromatic carbocycles. The minimum Gasteiger partial charge on any atom is -0.424 e. The van der Waals surface area contributed by atoms with E-state index >= 15 is 35.1 Å². The number of hydrogen-bond donors (Lipinski definition) is 0. The molecule has 3 heterocycles. The molecule has 0 unspecified atom stereocenters. The summed E-state index contributed by atoms with van der Waals surface area (Å²) >= 11 is 0. The lowest BCUT2D eigenvalue weighted by Gasteiger charge is -2.44. The molecule has 1 aliphatic rings. The molecule has 1 saturated heterocycles. The Bertz CT molecular complexity index is 3360. The van der Waals surface area contributed by atoms with E-state index in [-0.39, 0.29) is 0 Å². The molecule has 0 saturated carbocycles. The lowest BCUT2D eigenvalue weighted by atomic mass is 9.08. The fourth-order valence-corrected chi connectivity index (χ4v) is 11.3. The predicted octanol–water partition coefficient (Wildman–Crippen LogP) is 8.37. The quantitative estimate of drug-likeness (QED) is 0.0480. The van der Waals surface area contributed by atoms with Gasteiger partial charge in [-0.1, -0.05) is 28.8 Å². The van der Waals surface area contributed by atoms with Gasteiger partial charge in [-0.15, -0.1) is 27.3 Å². The number of benzene rings is 5. The standard InChI is InChI=1S/C29H45B2N4O2.C24BF20/c1-20-18-21(2)26(22(3)19-20)31(27-33(12)23(4)24(5)34(27)13,30-36-28(6,7)29(8,9)37-30)35-16-14-25(15-17-35)32(10)11;26-5-1(6(27)14(35)21(42)13(5)34)25(2-7(28)15(36)22(43)16(37)8(2)29,3-9(30)17(38)23(44)18(39)10(3)31)4-11(32)19(40)24(45)20(41)12(4)33/h14-19H,1-13H3;/q+1;-1/t31-;/m1./s1. The topological polar surface area (TPSA) is 34.4 Å². The van der Waals surface area contributed by atoms with Gasteiger partial charge < -0.3 is 18.7 Å². The van der Waals surface area contributed by atoms with E-state index in [1.165, 1.54) is 39.3 Å². The second-order valence-corrected chi connectivity index (χ2v) is 21.2. The maximum absolute atomic E-state index is 15.4. The van der Waals surface area contributed by atoms with Gasteiger partial charge >= 0.3 is 13.2 Å². The molecule has 0 spiro atoms. The summed E-state index contributed by atoms with van der Waals surface area (Å²) in [5.41, 5.74) is -5.49. The first-order valence-electron chi connectivity index (χ1n) is 24.3. The Labute approximate surface area is 455 Å². The Morgan fingerprint density at radius 2 is 0.720 bits per heavy atom. The van der Waals surface area contributed by atoms with Crippen molar-refractivity contribution in [3.63, 3.8) is 0 Å². The molecule has 0 aliphatic carbocycles. The van der Waals surface area contributed by atoms with Crippen LogP contribution < -0.4 is 47.0 Å². The molecular formula is C53H45B3F20N4O2. The number of halogens is 20. The molecule has 7 aromatic rings. The van der Waals surface area contributed by atoms with Crippen LogP contribution in [-0.2, 0) is 23.4 Å². The van der Waals surface area contributed by atoms with Crippen molar-refractivity contribution in [1.82, 2.24) is 4.57 Å². The van der Waals surface area contributed by atoms with E-state index in [1.54, 1.807) is 0 Å². The molecule has 2 aromatic heterocycles. The third-order valence-electron chi connectivity index (χ3n) is 16.0. The largest absolute Gasteiger partial charge is 0.441 e. The first-order valence-corrected chi connectivity index (χ1v) is 24.3. The third kappa shape index (κ3) is 8.91. The van der Waals surface area contributed by atoms with Crippen LogP contribution in [0.3, 0.4) is 0 Å². The highest BCUT2D eigenvalue weighted by Crippen LogP contribution is 2.39. The molecule has 82 heavy (non-hydrogen) atoms. The van der Waals surface area contributed by atoms with E-state index < -0.39 is 169 Å². The van der Waals surface area contributed by atoms with Gasteiger partial charge in [0.25, 0.3) is 0 Å². The van der Waals surface area contributed by atoms with Crippen molar-refractivity contribution in [1.29, 1.82) is 0 Å². The van der Waals surface area contributed by atoms with E-state index in [4.69, 9.17) is 9.31 Å². The zero-order chi connectivity index (χ0) is 62.0. The van der Waals surface area contributed by atoms with Crippen LogP contribution in [-0.4, -0.2) is 49.2 Å². The Balaban J connectivity index is 0.000000240. The van der Waals surface area contributed by atoms with Crippen LogP contribution in [0.2, 0.25) is 0 Å². The smallest absolute Gasteiger partial charge is 0.424 e. The number of pyridine rings is 1. The zero-order valence-electron chi connectivity index (χ0n) is 45.4. The Morgan fingerprint density at radius 1 is 0.451 bits per heavy atom. The first kappa shape index (κ1) is 62.6. The predicted molar refractivity (Wildman–Crippen MR) is 263 cm³/mol. The summed E-state index contributed by atoms with van der Waals surface area (Å²) in [6.45, 7) is 19.6. The second-order valence-electron chi connectivity index (χ2n) is 21.2. The minimum absolute atomic E-state index is 0.477. The number of anilines is 1. The van der Waals surface area contributed by atoms with Crippen LogP contribution in [0.15, 0.2) is 36.7 Å². The zero-order valence-corrected chi connectivity index (χ0v) is 45.4. The summed E-state index contributed by atoms with van der Waals surface area (Å²) in [5, 5.41) is 0. The molecule has 0 N–H and O–H groups in total. The van der Waals surface area contributed by atoms with Crippen LogP contribution in [0.1, 0.15) is 55.8 Å². The normalized spacial score (nSPS) is 14.8. The van der Waals surface area contributed by atoms with Gasteiger partial charge in [0.05, 0.1) is 25.3 Å². The summed E-state index contributed by atoms with van der Waals surface area (Å²) in [5.74, 6) is -71.4. The maximum Gasteiger partial charge on any atom is 0.441 e. The lowest BCUT2D eigenvalue weighted by molar-refractivity contribution is -0.665. The van der Waals surface area contributed by atoms with Gasteiger partial charge in [0, 0.05) is 45.8 Å². The molecule has 1 atom stereocenters. The molecule has 0 radical (unpaired) electrons. The van der Waals surface area contributed by atoms with Crippen LogP contribution in [0.25, 0.3) is 0 Å². The molecule has 6 nitrogen and oxygen atoms in total. The minimum atomic E-state index is -7.22. The molecular weight excluding hydrogens is 1140 g/mol.